The second kappa shape index (κ2) is 8.13. The Bertz CT molecular complexity index is 808. The summed E-state index contributed by atoms with van der Waals surface area (Å²) in [6.45, 7) is 5.64. The van der Waals surface area contributed by atoms with Gasteiger partial charge in [-0.1, -0.05) is 18.2 Å². The Balaban J connectivity index is 1.44. The molecule has 1 saturated carbocycles. The smallest absolute Gasteiger partial charge is 0.322 e. The molecule has 2 unspecified atom stereocenters. The summed E-state index contributed by atoms with van der Waals surface area (Å²) in [4.78, 5) is 29.3. The van der Waals surface area contributed by atoms with Crippen molar-refractivity contribution in [1.82, 2.24) is 15.5 Å². The summed E-state index contributed by atoms with van der Waals surface area (Å²) in [5.74, 6) is -3.52. The number of hydrogen-bond acceptors (Lipinski definition) is 3. The van der Waals surface area contributed by atoms with Gasteiger partial charge in [-0.05, 0) is 38.3 Å². The molecule has 2 N–H and O–H groups in total. The van der Waals surface area contributed by atoms with Crippen molar-refractivity contribution in [2.45, 2.75) is 70.1 Å². The highest BCUT2D eigenvalue weighted by molar-refractivity contribution is 5.93. The first kappa shape index (κ1) is 21.0. The summed E-state index contributed by atoms with van der Waals surface area (Å²) in [6.07, 6.45) is 1.15. The Morgan fingerprint density at radius 1 is 1.20 bits per heavy atom. The molecule has 2 fully saturated rings. The van der Waals surface area contributed by atoms with Crippen molar-refractivity contribution in [3.8, 4) is 0 Å². The Morgan fingerprint density at radius 2 is 1.93 bits per heavy atom. The highest BCUT2D eigenvalue weighted by atomic mass is 19.3. The molecule has 2 atom stereocenters. The highest BCUT2D eigenvalue weighted by Gasteiger charge is 2.49. The monoisotopic (exact) mass is 420 g/mol. The van der Waals surface area contributed by atoms with Crippen molar-refractivity contribution in [3.05, 3.63) is 29.8 Å². The molecule has 3 aliphatic rings. The van der Waals surface area contributed by atoms with E-state index in [-0.39, 0.29) is 42.9 Å². The van der Waals surface area contributed by atoms with Gasteiger partial charge >= 0.3 is 6.03 Å². The van der Waals surface area contributed by atoms with Gasteiger partial charge in [-0.15, -0.1) is 0 Å². The number of para-hydroxylation sites is 1. The highest BCUT2D eigenvalue weighted by Crippen LogP contribution is 2.42. The second-order valence-corrected chi connectivity index (χ2v) is 9.11. The number of carbonyl (C=O) groups excluding carboxylic acids is 2. The van der Waals surface area contributed by atoms with Crippen molar-refractivity contribution in [2.75, 3.05) is 18.0 Å². The number of rotatable bonds is 4. The third-order valence-electron chi connectivity index (χ3n) is 6.43. The van der Waals surface area contributed by atoms with E-state index in [1.807, 2.05) is 43.0 Å². The minimum absolute atomic E-state index is 0.0504. The number of nitrogens with one attached hydrogen (secondary N) is 2. The van der Waals surface area contributed by atoms with Gasteiger partial charge in [0.2, 0.25) is 11.8 Å². The van der Waals surface area contributed by atoms with Gasteiger partial charge in [-0.2, -0.15) is 0 Å². The van der Waals surface area contributed by atoms with Gasteiger partial charge in [0.05, 0.1) is 0 Å². The second-order valence-electron chi connectivity index (χ2n) is 9.11. The number of carbonyl (C=O) groups is 2. The Hall–Kier alpha value is -2.22. The van der Waals surface area contributed by atoms with E-state index in [9.17, 15) is 18.4 Å². The number of alkyl halides is 2. The first-order valence-electron chi connectivity index (χ1n) is 10.8. The lowest BCUT2D eigenvalue weighted by molar-refractivity contribution is -0.150. The summed E-state index contributed by atoms with van der Waals surface area (Å²) in [7, 11) is 0. The maximum Gasteiger partial charge on any atom is 0.322 e. The molecule has 2 aliphatic heterocycles. The average Bonchev–Trinajstić information content (AvgIpc) is 2.94. The molecule has 164 valence electrons. The molecule has 8 heteroatoms. The van der Waals surface area contributed by atoms with E-state index in [2.05, 4.69) is 15.5 Å². The average molecular weight is 421 g/mol. The van der Waals surface area contributed by atoms with Gasteiger partial charge < -0.3 is 10.6 Å². The van der Waals surface area contributed by atoms with Crippen LogP contribution in [0.4, 0.5) is 19.3 Å². The maximum atomic E-state index is 13.1. The fraction of sp³-hybridized carbons (Fsp3) is 0.636. The van der Waals surface area contributed by atoms with Crippen LogP contribution >= 0.6 is 0 Å². The Morgan fingerprint density at radius 3 is 2.63 bits per heavy atom. The van der Waals surface area contributed by atoms with E-state index in [0.29, 0.717) is 19.6 Å². The number of halogens is 2. The third kappa shape index (κ3) is 4.29. The van der Waals surface area contributed by atoms with Gasteiger partial charge in [-0.25, -0.2) is 13.6 Å². The largest absolute Gasteiger partial charge is 0.354 e. The first-order chi connectivity index (χ1) is 14.2. The predicted octanol–water partition coefficient (Wildman–Crippen LogP) is 3.12. The molecule has 0 radical (unpaired) electrons. The van der Waals surface area contributed by atoms with Gasteiger partial charge in [-0.3, -0.25) is 14.6 Å². The molecular formula is C22H30F2N4O2. The molecule has 3 amide bonds. The number of nitrogens with zero attached hydrogens (tertiary/aromatic N) is 2. The van der Waals surface area contributed by atoms with E-state index in [1.54, 1.807) is 0 Å². The number of amides is 3. The zero-order valence-corrected chi connectivity index (χ0v) is 17.5. The van der Waals surface area contributed by atoms with E-state index in [1.165, 1.54) is 0 Å². The molecule has 1 saturated heterocycles. The molecular weight excluding hydrogens is 390 g/mol. The predicted molar refractivity (Wildman–Crippen MR) is 110 cm³/mol. The first-order valence-corrected chi connectivity index (χ1v) is 10.8. The van der Waals surface area contributed by atoms with Crippen LogP contribution in [-0.2, 0) is 11.3 Å². The number of hydrogen-bond donors (Lipinski definition) is 2. The lowest BCUT2D eigenvalue weighted by Gasteiger charge is -2.34. The van der Waals surface area contributed by atoms with Crippen LogP contribution in [0, 0.1) is 5.92 Å². The molecule has 6 nitrogen and oxygen atoms in total. The third-order valence-corrected chi connectivity index (χ3v) is 6.43. The number of benzene rings is 1. The van der Waals surface area contributed by atoms with Crippen LogP contribution in [0.2, 0.25) is 0 Å². The van der Waals surface area contributed by atoms with Crippen LogP contribution in [0.1, 0.15) is 45.1 Å². The van der Waals surface area contributed by atoms with Crippen LogP contribution in [0.5, 0.6) is 0 Å². The van der Waals surface area contributed by atoms with Gasteiger partial charge in [0.25, 0.3) is 0 Å². The number of fused-ring (bicyclic) bond motifs is 2. The van der Waals surface area contributed by atoms with Crippen LogP contribution in [0.25, 0.3) is 0 Å². The fourth-order valence-electron chi connectivity index (χ4n) is 4.83. The molecule has 1 aromatic carbocycles. The van der Waals surface area contributed by atoms with Crippen molar-refractivity contribution in [1.29, 1.82) is 0 Å². The molecule has 30 heavy (non-hydrogen) atoms. The van der Waals surface area contributed by atoms with Crippen LogP contribution in [0.15, 0.2) is 24.3 Å². The number of urea groups is 1. The molecule has 4 rings (SSSR count). The summed E-state index contributed by atoms with van der Waals surface area (Å²) in [6, 6.07) is 8.23. The van der Waals surface area contributed by atoms with E-state index < -0.39 is 11.8 Å². The number of anilines is 1. The SMILES string of the molecule is CC(C)NC(=O)N1CC2CCC(CNC(=O)C3CC(F)(F)C3)N2Cc2ccccc21. The summed E-state index contributed by atoms with van der Waals surface area (Å²) in [5, 5.41) is 5.89. The van der Waals surface area contributed by atoms with Gasteiger partial charge in [0.1, 0.15) is 0 Å². The summed E-state index contributed by atoms with van der Waals surface area (Å²) < 4.78 is 26.1. The van der Waals surface area contributed by atoms with E-state index in [0.717, 1.165) is 24.1 Å². The van der Waals surface area contributed by atoms with Crippen LogP contribution in [-0.4, -0.2) is 54.0 Å². The van der Waals surface area contributed by atoms with Crippen LogP contribution in [0.3, 0.4) is 0 Å². The van der Waals surface area contributed by atoms with E-state index >= 15 is 0 Å². The minimum atomic E-state index is -2.69. The molecule has 2 heterocycles. The topological polar surface area (TPSA) is 64.7 Å². The van der Waals surface area contributed by atoms with Crippen molar-refractivity contribution >= 4 is 17.6 Å². The Kier molecular flexibility index (Phi) is 5.70. The summed E-state index contributed by atoms with van der Waals surface area (Å²) >= 11 is 0. The molecule has 1 aromatic rings. The van der Waals surface area contributed by atoms with Crippen molar-refractivity contribution in [3.63, 3.8) is 0 Å². The van der Waals surface area contributed by atoms with Crippen LogP contribution < -0.4 is 15.5 Å². The minimum Gasteiger partial charge on any atom is -0.354 e. The zero-order chi connectivity index (χ0) is 21.5. The van der Waals surface area contributed by atoms with Crippen molar-refractivity contribution in [2.24, 2.45) is 5.92 Å². The fourth-order valence-corrected chi connectivity index (χ4v) is 4.83. The maximum absolute atomic E-state index is 13.1. The van der Waals surface area contributed by atoms with Gasteiger partial charge in [0, 0.05) is 62.2 Å². The van der Waals surface area contributed by atoms with Crippen molar-refractivity contribution < 1.29 is 18.4 Å². The van der Waals surface area contributed by atoms with E-state index in [4.69, 9.17) is 0 Å². The molecule has 0 aromatic heterocycles. The normalized spacial score (nSPS) is 25.8. The standard InChI is InChI=1S/C22H30F2N4O2/c1-14(2)26-21(30)28-13-18-8-7-17(11-25-20(29)16-9-22(23,24)10-16)27(18)12-15-5-3-4-6-19(15)28/h3-6,14,16-18H,7-13H2,1-2H3,(H,25,29)(H,26,30). The summed E-state index contributed by atoms with van der Waals surface area (Å²) in [5.41, 5.74) is 2.00. The lowest BCUT2D eigenvalue weighted by atomic mass is 9.81. The molecule has 0 bridgehead atoms. The van der Waals surface area contributed by atoms with Gasteiger partial charge in [0.15, 0.2) is 0 Å². The lowest BCUT2D eigenvalue weighted by Crippen LogP contribution is -2.50. The molecule has 1 aliphatic carbocycles. The zero-order valence-electron chi connectivity index (χ0n) is 17.5. The Labute approximate surface area is 176 Å². The quantitative estimate of drug-likeness (QED) is 0.787. The molecule has 0 spiro atoms.